The number of carbonyl (C=O) groups excluding carboxylic acids is 1. The molecule has 0 aromatic heterocycles. The quantitative estimate of drug-likeness (QED) is 0.925. The molecule has 1 fully saturated rings. The smallest absolute Gasteiger partial charge is 0.241 e. The van der Waals surface area contributed by atoms with Crippen LogP contribution in [0.1, 0.15) is 39.0 Å². The van der Waals surface area contributed by atoms with Gasteiger partial charge < -0.3 is 5.32 Å². The van der Waals surface area contributed by atoms with E-state index in [0.29, 0.717) is 0 Å². The first-order valence-corrected chi connectivity index (χ1v) is 7.58. The van der Waals surface area contributed by atoms with Crippen molar-refractivity contribution in [3.63, 3.8) is 0 Å². The molecule has 0 spiro atoms. The van der Waals surface area contributed by atoms with E-state index in [9.17, 15) is 13.6 Å². The maximum atomic E-state index is 13.6. The molecule has 5 heteroatoms. The van der Waals surface area contributed by atoms with Gasteiger partial charge in [0.1, 0.15) is 11.6 Å². The summed E-state index contributed by atoms with van der Waals surface area (Å²) in [5.41, 5.74) is -0.0982. The predicted octanol–water partition coefficient (Wildman–Crippen LogP) is 3.56. The summed E-state index contributed by atoms with van der Waals surface area (Å²) >= 11 is 0. The van der Waals surface area contributed by atoms with Crippen LogP contribution in [0.25, 0.3) is 0 Å². The highest BCUT2D eigenvalue weighted by Crippen LogP contribution is 2.17. The van der Waals surface area contributed by atoms with Gasteiger partial charge in [-0.05, 0) is 45.0 Å². The number of hydrogen-bond acceptors (Lipinski definition) is 2. The first-order valence-electron chi connectivity index (χ1n) is 7.58. The molecule has 2 rings (SSSR count). The van der Waals surface area contributed by atoms with Crippen molar-refractivity contribution < 1.29 is 13.6 Å². The molecule has 1 atom stereocenters. The third-order valence-electron chi connectivity index (χ3n) is 4.00. The number of anilines is 1. The summed E-state index contributed by atoms with van der Waals surface area (Å²) in [5.74, 6) is -1.48. The minimum Gasteiger partial charge on any atom is -0.322 e. The van der Waals surface area contributed by atoms with Crippen molar-refractivity contribution in [3.05, 3.63) is 29.8 Å². The van der Waals surface area contributed by atoms with Crippen molar-refractivity contribution in [2.75, 3.05) is 18.4 Å². The zero-order valence-electron chi connectivity index (χ0n) is 12.4. The van der Waals surface area contributed by atoms with E-state index >= 15 is 0 Å². The molecule has 3 nitrogen and oxygen atoms in total. The molecule has 1 aromatic carbocycles. The highest BCUT2D eigenvalue weighted by Gasteiger charge is 2.22. The van der Waals surface area contributed by atoms with E-state index in [0.717, 1.165) is 44.1 Å². The molecule has 116 valence electrons. The molecule has 0 saturated carbocycles. The molecule has 1 aliphatic heterocycles. The van der Waals surface area contributed by atoms with E-state index in [4.69, 9.17) is 0 Å². The van der Waals surface area contributed by atoms with Crippen LogP contribution in [0.15, 0.2) is 18.2 Å². The number of halogens is 2. The number of benzene rings is 1. The summed E-state index contributed by atoms with van der Waals surface area (Å²) in [6, 6.07) is 2.72. The van der Waals surface area contributed by atoms with Crippen LogP contribution in [0.5, 0.6) is 0 Å². The van der Waals surface area contributed by atoms with E-state index in [-0.39, 0.29) is 17.6 Å². The third kappa shape index (κ3) is 4.49. The molecular formula is C16H22F2N2O. The van der Waals surface area contributed by atoms with Crippen LogP contribution in [0.2, 0.25) is 0 Å². The molecule has 1 saturated heterocycles. The molecule has 0 unspecified atom stereocenters. The molecular weight excluding hydrogens is 274 g/mol. The van der Waals surface area contributed by atoms with E-state index in [1.165, 1.54) is 19.3 Å². The van der Waals surface area contributed by atoms with Crippen molar-refractivity contribution in [2.45, 2.75) is 45.1 Å². The second kappa shape index (κ2) is 7.50. The van der Waals surface area contributed by atoms with Gasteiger partial charge in [0.15, 0.2) is 0 Å². The number of carbonyl (C=O) groups is 1. The molecule has 1 aromatic rings. The summed E-state index contributed by atoms with van der Waals surface area (Å²) in [6.07, 6.45) is 5.77. The van der Waals surface area contributed by atoms with Crippen molar-refractivity contribution in [1.29, 1.82) is 0 Å². The first kappa shape index (κ1) is 15.9. The zero-order chi connectivity index (χ0) is 15.2. The fraction of sp³-hybridized carbons (Fsp3) is 0.562. The van der Waals surface area contributed by atoms with Crippen LogP contribution in [-0.2, 0) is 4.79 Å². The Labute approximate surface area is 124 Å². The Morgan fingerprint density at radius 1 is 1.14 bits per heavy atom. The van der Waals surface area contributed by atoms with Crippen molar-refractivity contribution in [2.24, 2.45) is 0 Å². The predicted molar refractivity (Wildman–Crippen MR) is 79.1 cm³/mol. The number of amides is 1. The van der Waals surface area contributed by atoms with Crippen molar-refractivity contribution in [3.8, 4) is 0 Å². The highest BCUT2D eigenvalue weighted by molar-refractivity contribution is 5.94. The maximum absolute atomic E-state index is 13.6. The van der Waals surface area contributed by atoms with Crippen molar-refractivity contribution >= 4 is 11.6 Å². The Balaban J connectivity index is 1.99. The maximum Gasteiger partial charge on any atom is 0.241 e. The lowest BCUT2D eigenvalue weighted by Crippen LogP contribution is -2.43. The fourth-order valence-corrected chi connectivity index (χ4v) is 2.66. The molecule has 0 bridgehead atoms. The average Bonchev–Trinajstić information content (AvgIpc) is 2.42. The van der Waals surface area contributed by atoms with Crippen LogP contribution >= 0.6 is 0 Å². The van der Waals surface area contributed by atoms with Crippen LogP contribution in [0.3, 0.4) is 0 Å². The second-order valence-electron chi connectivity index (χ2n) is 5.59. The second-order valence-corrected chi connectivity index (χ2v) is 5.59. The first-order chi connectivity index (χ1) is 10.1. The lowest BCUT2D eigenvalue weighted by Gasteiger charge is -2.29. The summed E-state index contributed by atoms with van der Waals surface area (Å²) in [7, 11) is 0. The van der Waals surface area contributed by atoms with Gasteiger partial charge in [-0.1, -0.05) is 19.3 Å². The van der Waals surface area contributed by atoms with Gasteiger partial charge in [-0.2, -0.15) is 0 Å². The van der Waals surface area contributed by atoms with Gasteiger partial charge in [-0.3, -0.25) is 9.69 Å². The van der Waals surface area contributed by atoms with Gasteiger partial charge in [0.25, 0.3) is 0 Å². The van der Waals surface area contributed by atoms with Crippen LogP contribution in [0.4, 0.5) is 14.5 Å². The van der Waals surface area contributed by atoms with E-state index in [2.05, 4.69) is 10.2 Å². The molecule has 1 amide bonds. The standard InChI is InChI=1S/C16H22F2N2O/c1-12(20-9-5-3-2-4-6-10-20)16(21)19-15-11-13(17)7-8-14(15)18/h7-8,11-12H,2-6,9-10H2,1H3,(H,19,21)/t12-/m1/s1. The molecule has 1 heterocycles. The Morgan fingerprint density at radius 2 is 1.76 bits per heavy atom. The SMILES string of the molecule is C[C@H](C(=O)Nc1cc(F)ccc1F)N1CCCCCCC1. The third-order valence-corrected chi connectivity index (χ3v) is 4.00. The van der Waals surface area contributed by atoms with E-state index < -0.39 is 11.6 Å². The topological polar surface area (TPSA) is 32.3 Å². The highest BCUT2D eigenvalue weighted by atomic mass is 19.1. The average molecular weight is 296 g/mol. The van der Waals surface area contributed by atoms with Gasteiger partial charge >= 0.3 is 0 Å². The van der Waals surface area contributed by atoms with Crippen LogP contribution in [-0.4, -0.2) is 29.9 Å². The minimum atomic E-state index is -0.621. The number of rotatable bonds is 3. The Morgan fingerprint density at radius 3 is 2.43 bits per heavy atom. The van der Waals surface area contributed by atoms with Gasteiger partial charge in [0.05, 0.1) is 11.7 Å². The number of likely N-dealkylation sites (tertiary alicyclic amines) is 1. The van der Waals surface area contributed by atoms with Crippen LogP contribution < -0.4 is 5.32 Å². The monoisotopic (exact) mass is 296 g/mol. The molecule has 0 radical (unpaired) electrons. The largest absolute Gasteiger partial charge is 0.322 e. The van der Waals surface area contributed by atoms with Gasteiger partial charge in [-0.25, -0.2) is 8.78 Å². The van der Waals surface area contributed by atoms with Crippen LogP contribution in [0, 0.1) is 11.6 Å². The summed E-state index contributed by atoms with van der Waals surface area (Å²) in [4.78, 5) is 14.3. The summed E-state index contributed by atoms with van der Waals surface area (Å²) in [6.45, 7) is 3.56. The molecule has 1 N–H and O–H groups in total. The van der Waals surface area contributed by atoms with E-state index in [1.807, 2.05) is 6.92 Å². The Hall–Kier alpha value is -1.49. The summed E-state index contributed by atoms with van der Waals surface area (Å²) in [5, 5.41) is 2.49. The number of nitrogens with one attached hydrogen (secondary N) is 1. The van der Waals surface area contributed by atoms with Crippen molar-refractivity contribution in [1.82, 2.24) is 4.90 Å². The number of hydrogen-bond donors (Lipinski definition) is 1. The lowest BCUT2D eigenvalue weighted by molar-refractivity contribution is -0.120. The molecule has 0 aliphatic carbocycles. The Bertz CT molecular complexity index is 485. The van der Waals surface area contributed by atoms with Gasteiger partial charge in [0, 0.05) is 6.07 Å². The zero-order valence-corrected chi connectivity index (χ0v) is 12.4. The normalized spacial score (nSPS) is 18.6. The minimum absolute atomic E-state index is 0.0982. The van der Waals surface area contributed by atoms with Gasteiger partial charge in [0.2, 0.25) is 5.91 Å². The lowest BCUT2D eigenvalue weighted by atomic mass is 10.1. The number of nitrogens with zero attached hydrogens (tertiary/aromatic N) is 1. The van der Waals surface area contributed by atoms with Gasteiger partial charge in [-0.15, -0.1) is 0 Å². The fourth-order valence-electron chi connectivity index (χ4n) is 2.66. The molecule has 21 heavy (non-hydrogen) atoms. The molecule has 1 aliphatic rings. The van der Waals surface area contributed by atoms with E-state index in [1.54, 1.807) is 0 Å². The Kier molecular flexibility index (Phi) is 5.67. The summed E-state index contributed by atoms with van der Waals surface area (Å²) < 4.78 is 26.7.